The Hall–Kier alpha value is -2.62. The van der Waals surface area contributed by atoms with Crippen LogP contribution in [0.5, 0.6) is 17.2 Å². The van der Waals surface area contributed by atoms with Crippen LogP contribution in [0.25, 0.3) is 10.2 Å². The molecule has 0 N–H and O–H groups in total. The van der Waals surface area contributed by atoms with E-state index in [4.69, 9.17) is 19.2 Å². The van der Waals surface area contributed by atoms with Gasteiger partial charge in [-0.1, -0.05) is 25.2 Å². The molecule has 0 aliphatic heterocycles. The minimum absolute atomic E-state index is 0. The van der Waals surface area contributed by atoms with E-state index in [9.17, 15) is 9.18 Å². The topological polar surface area (TPSA) is 64.1 Å². The first-order valence-corrected chi connectivity index (χ1v) is 11.2. The van der Waals surface area contributed by atoms with Gasteiger partial charge in [0.05, 0.1) is 14.2 Å². The number of carbonyl (C=O) groups excluding carboxylic acids is 1. The number of carbonyl (C=O) groups is 1. The number of anilines is 1. The van der Waals surface area contributed by atoms with E-state index in [1.54, 1.807) is 25.2 Å². The number of aromatic nitrogens is 1. The minimum atomic E-state index is -0.359. The van der Waals surface area contributed by atoms with Gasteiger partial charge in [0.15, 0.2) is 11.7 Å². The second kappa shape index (κ2) is 12.6. The molecule has 7 nitrogen and oxygen atoms in total. The predicted octanol–water partition coefficient (Wildman–Crippen LogP) is 4.63. The Balaban J connectivity index is 0.00000385. The molecule has 3 rings (SSSR count). The lowest BCUT2D eigenvalue weighted by Crippen LogP contribution is -2.41. The lowest BCUT2D eigenvalue weighted by Gasteiger charge is -2.24. The van der Waals surface area contributed by atoms with Crippen LogP contribution < -0.4 is 19.1 Å². The lowest BCUT2D eigenvalue weighted by atomic mass is 10.3. The van der Waals surface area contributed by atoms with Gasteiger partial charge in [0.25, 0.3) is 5.91 Å². The lowest BCUT2D eigenvalue weighted by molar-refractivity contribution is -0.120. The molecule has 2 aromatic carbocycles. The van der Waals surface area contributed by atoms with Crippen molar-refractivity contribution in [2.45, 2.75) is 13.8 Å². The minimum Gasteiger partial charge on any atom is -0.495 e. The number of hydrogen-bond donors (Lipinski definition) is 0. The SMILES string of the molecule is CCN(CC)CCN(C(=O)COc1ccc(F)cc1)c1nc2c(OC)ccc(OC)c2s1.Cl. The molecule has 1 aromatic heterocycles. The van der Waals surface area contributed by atoms with E-state index >= 15 is 0 Å². The van der Waals surface area contributed by atoms with Gasteiger partial charge in [-0.25, -0.2) is 9.37 Å². The number of thiazole rings is 1. The van der Waals surface area contributed by atoms with Crippen molar-refractivity contribution in [2.75, 3.05) is 51.9 Å². The van der Waals surface area contributed by atoms with Crippen molar-refractivity contribution in [1.29, 1.82) is 0 Å². The maximum Gasteiger partial charge on any atom is 0.266 e. The first-order valence-electron chi connectivity index (χ1n) is 10.4. The fourth-order valence-electron chi connectivity index (χ4n) is 3.25. The van der Waals surface area contributed by atoms with Gasteiger partial charge < -0.3 is 19.1 Å². The normalized spacial score (nSPS) is 10.7. The Bertz CT molecular complexity index is 1000. The van der Waals surface area contributed by atoms with Crippen LogP contribution >= 0.6 is 23.7 Å². The summed E-state index contributed by atoms with van der Waals surface area (Å²) in [6, 6.07) is 9.20. The predicted molar refractivity (Wildman–Crippen MR) is 132 cm³/mol. The van der Waals surface area contributed by atoms with Crippen LogP contribution in [0.4, 0.5) is 9.52 Å². The zero-order valence-corrected chi connectivity index (χ0v) is 20.8. The number of nitrogens with zero attached hydrogens (tertiary/aromatic N) is 3. The summed E-state index contributed by atoms with van der Waals surface area (Å²) in [6.07, 6.45) is 0. The van der Waals surface area contributed by atoms with E-state index in [2.05, 4.69) is 18.7 Å². The van der Waals surface area contributed by atoms with Crippen molar-refractivity contribution in [1.82, 2.24) is 9.88 Å². The Morgan fingerprint density at radius 2 is 1.64 bits per heavy atom. The fraction of sp³-hybridized carbons (Fsp3) is 0.391. The number of benzene rings is 2. The van der Waals surface area contributed by atoms with Crippen LogP contribution in [0.3, 0.4) is 0 Å². The van der Waals surface area contributed by atoms with Crippen molar-refractivity contribution in [2.24, 2.45) is 0 Å². The molecule has 0 unspecified atom stereocenters. The third-order valence-electron chi connectivity index (χ3n) is 5.14. The van der Waals surface area contributed by atoms with Gasteiger partial charge in [0.2, 0.25) is 0 Å². The second-order valence-corrected chi connectivity index (χ2v) is 7.94. The molecule has 0 spiro atoms. The van der Waals surface area contributed by atoms with Crippen LogP contribution in [0.1, 0.15) is 13.8 Å². The molecule has 0 aliphatic rings. The van der Waals surface area contributed by atoms with Gasteiger partial charge in [-0.2, -0.15) is 0 Å². The first-order chi connectivity index (χ1) is 15.5. The van der Waals surface area contributed by atoms with Crippen molar-refractivity contribution in [3.8, 4) is 17.2 Å². The number of methoxy groups -OCH3 is 2. The Morgan fingerprint density at radius 3 is 2.24 bits per heavy atom. The molecule has 0 radical (unpaired) electrons. The number of likely N-dealkylation sites (N-methyl/N-ethyl adjacent to an activating group) is 1. The summed E-state index contributed by atoms with van der Waals surface area (Å²) < 4.78 is 30.5. The van der Waals surface area contributed by atoms with Crippen LogP contribution in [0.15, 0.2) is 36.4 Å². The van der Waals surface area contributed by atoms with Crippen LogP contribution in [-0.2, 0) is 4.79 Å². The van der Waals surface area contributed by atoms with E-state index in [-0.39, 0.29) is 30.7 Å². The number of fused-ring (bicyclic) bond motifs is 1. The van der Waals surface area contributed by atoms with Crippen molar-refractivity contribution in [3.05, 3.63) is 42.2 Å². The van der Waals surface area contributed by atoms with Crippen molar-refractivity contribution >= 4 is 45.0 Å². The van der Waals surface area contributed by atoms with Gasteiger partial charge >= 0.3 is 0 Å². The number of rotatable bonds is 11. The van der Waals surface area contributed by atoms with E-state index in [1.165, 1.54) is 35.6 Å². The molecule has 3 aromatic rings. The molecule has 0 atom stereocenters. The molecule has 0 saturated carbocycles. The summed E-state index contributed by atoms with van der Waals surface area (Å²) in [7, 11) is 3.18. The van der Waals surface area contributed by atoms with E-state index in [0.717, 1.165) is 17.8 Å². The van der Waals surface area contributed by atoms with Gasteiger partial charge in [-0.3, -0.25) is 9.69 Å². The zero-order valence-electron chi connectivity index (χ0n) is 19.2. The summed E-state index contributed by atoms with van der Waals surface area (Å²) in [5.41, 5.74) is 0.645. The maximum absolute atomic E-state index is 13.2. The Kier molecular flexibility index (Phi) is 10.1. The smallest absolute Gasteiger partial charge is 0.266 e. The summed E-state index contributed by atoms with van der Waals surface area (Å²) in [6.45, 7) is 6.89. The molecule has 0 bridgehead atoms. The summed E-state index contributed by atoms with van der Waals surface area (Å²) in [4.78, 5) is 21.7. The highest BCUT2D eigenvalue weighted by Gasteiger charge is 2.23. The Labute approximate surface area is 203 Å². The molecular weight excluding hydrogens is 469 g/mol. The average molecular weight is 498 g/mol. The summed E-state index contributed by atoms with van der Waals surface area (Å²) in [5.74, 6) is 1.11. The molecule has 0 saturated heterocycles. The van der Waals surface area contributed by atoms with Crippen molar-refractivity contribution in [3.63, 3.8) is 0 Å². The third-order valence-corrected chi connectivity index (χ3v) is 6.23. The van der Waals surface area contributed by atoms with Crippen LogP contribution in [0.2, 0.25) is 0 Å². The first kappa shape index (κ1) is 26.6. The fourth-order valence-corrected chi connectivity index (χ4v) is 4.37. The molecule has 180 valence electrons. The van der Waals surface area contributed by atoms with E-state index in [0.29, 0.717) is 41.0 Å². The average Bonchev–Trinajstić information content (AvgIpc) is 3.26. The standard InChI is InChI=1S/C23H28FN3O4S.ClH/c1-5-26(6-2)13-14-27(20(28)15-31-17-9-7-16(24)8-10-17)23-25-21-18(29-3)11-12-19(30-4)22(21)32-23;/h7-12H,5-6,13-15H2,1-4H3;1H. The highest BCUT2D eigenvalue weighted by atomic mass is 35.5. The monoisotopic (exact) mass is 497 g/mol. The second-order valence-electron chi connectivity index (χ2n) is 6.96. The molecule has 33 heavy (non-hydrogen) atoms. The number of ether oxygens (including phenoxy) is 3. The maximum atomic E-state index is 13.2. The van der Waals surface area contributed by atoms with E-state index in [1.807, 2.05) is 6.07 Å². The number of hydrogen-bond acceptors (Lipinski definition) is 7. The molecule has 0 fully saturated rings. The summed E-state index contributed by atoms with van der Waals surface area (Å²) >= 11 is 1.37. The van der Waals surface area contributed by atoms with Gasteiger partial charge in [0.1, 0.15) is 33.3 Å². The van der Waals surface area contributed by atoms with Gasteiger partial charge in [-0.15, -0.1) is 12.4 Å². The largest absolute Gasteiger partial charge is 0.495 e. The third kappa shape index (κ3) is 6.46. The molecular formula is C23H29ClFN3O4S. The van der Waals surface area contributed by atoms with Crippen LogP contribution in [0, 0.1) is 5.82 Å². The highest BCUT2D eigenvalue weighted by molar-refractivity contribution is 7.22. The van der Waals surface area contributed by atoms with Gasteiger partial charge in [0, 0.05) is 13.1 Å². The quantitative estimate of drug-likeness (QED) is 0.385. The molecule has 0 aliphatic carbocycles. The van der Waals surface area contributed by atoms with Crippen LogP contribution in [-0.4, -0.2) is 62.8 Å². The molecule has 10 heteroatoms. The number of amides is 1. The number of halogens is 2. The highest BCUT2D eigenvalue weighted by Crippen LogP contribution is 2.40. The Morgan fingerprint density at radius 1 is 1.00 bits per heavy atom. The zero-order chi connectivity index (χ0) is 23.1. The summed E-state index contributed by atoms with van der Waals surface area (Å²) in [5, 5.41) is 0.544. The van der Waals surface area contributed by atoms with Gasteiger partial charge in [-0.05, 0) is 49.5 Å². The van der Waals surface area contributed by atoms with E-state index < -0.39 is 0 Å². The molecule has 1 amide bonds. The molecule has 1 heterocycles. The van der Waals surface area contributed by atoms with Crippen molar-refractivity contribution < 1.29 is 23.4 Å².